The van der Waals surface area contributed by atoms with Crippen LogP contribution in [0.2, 0.25) is 0 Å². The van der Waals surface area contributed by atoms with Gasteiger partial charge in [-0.3, -0.25) is 0 Å². The van der Waals surface area contributed by atoms with Gasteiger partial charge in [0.1, 0.15) is 6.61 Å². The zero-order chi connectivity index (χ0) is 15.9. The lowest BCUT2D eigenvalue weighted by molar-refractivity contribution is -0.0801. The molecule has 0 heterocycles. The largest absolute Gasteiger partial charge is 0.490 e. The molecule has 118 valence electrons. The number of rotatable bonds is 7. The Morgan fingerprint density at radius 3 is 2.14 bits per heavy atom. The van der Waals surface area contributed by atoms with Crippen LogP contribution >= 0.6 is 0 Å². The minimum Gasteiger partial charge on any atom is -0.490 e. The number of benzene rings is 1. The number of ether oxygens (including phenoxy) is 2. The summed E-state index contributed by atoms with van der Waals surface area (Å²) in [6.45, 7) is 1.65. The van der Waals surface area contributed by atoms with Gasteiger partial charge in [0, 0.05) is 6.08 Å². The van der Waals surface area contributed by atoms with Crippen LogP contribution in [0.1, 0.15) is 19.8 Å². The molecule has 2 nitrogen and oxygen atoms in total. The summed E-state index contributed by atoms with van der Waals surface area (Å²) in [5, 5.41) is 0. The molecule has 0 unspecified atom stereocenters. The van der Waals surface area contributed by atoms with Crippen molar-refractivity contribution in [3.05, 3.63) is 35.9 Å². The normalized spacial score (nSPS) is 11.9. The molecule has 0 N–H and O–H groups in total. The van der Waals surface area contributed by atoms with E-state index in [4.69, 9.17) is 9.47 Å². The fourth-order valence-electron chi connectivity index (χ4n) is 1.38. The van der Waals surface area contributed by atoms with Gasteiger partial charge in [0.25, 0.3) is 0 Å². The minimum absolute atomic E-state index is 0.0382. The van der Waals surface area contributed by atoms with Crippen molar-refractivity contribution < 1.29 is 31.4 Å². The van der Waals surface area contributed by atoms with Crippen LogP contribution in [-0.4, -0.2) is 19.4 Å². The first kappa shape index (κ1) is 17.3. The summed E-state index contributed by atoms with van der Waals surface area (Å²) in [5.41, 5.74) is 0. The van der Waals surface area contributed by atoms with E-state index in [1.165, 1.54) is 6.07 Å². The molecule has 0 radical (unpaired) electrons. The molecule has 7 heteroatoms. The summed E-state index contributed by atoms with van der Waals surface area (Å²) in [4.78, 5) is 0. The smallest absolute Gasteiger partial charge is 0.409 e. The zero-order valence-corrected chi connectivity index (χ0v) is 11.3. The van der Waals surface area contributed by atoms with Crippen molar-refractivity contribution in [3.8, 4) is 11.5 Å². The summed E-state index contributed by atoms with van der Waals surface area (Å²) in [5.74, 6) is -3.23. The van der Waals surface area contributed by atoms with E-state index < -0.39 is 30.2 Å². The number of alkyl halides is 3. The Kier molecular flexibility index (Phi) is 6.45. The number of hydrogen-bond donors (Lipinski definition) is 0. The Balaban J connectivity index is 2.64. The Labute approximate surface area is 119 Å². The standard InChI is InChI=1S/C14H15F5O2/c1-2-3-8-20-10-5-6-11(13(16)12(10)15)21-9-4-7-14(17,18)19/h4-7H,2-3,8-9H2,1H3/b7-4+. The highest BCUT2D eigenvalue weighted by atomic mass is 19.4. The zero-order valence-electron chi connectivity index (χ0n) is 11.3. The predicted octanol–water partition coefficient (Wildman–Crippen LogP) is 4.64. The van der Waals surface area contributed by atoms with Crippen LogP contribution in [0.3, 0.4) is 0 Å². The average Bonchev–Trinajstić information content (AvgIpc) is 2.40. The summed E-state index contributed by atoms with van der Waals surface area (Å²) >= 11 is 0. The van der Waals surface area contributed by atoms with E-state index >= 15 is 0 Å². The van der Waals surface area contributed by atoms with Gasteiger partial charge < -0.3 is 9.47 Å². The Morgan fingerprint density at radius 2 is 1.62 bits per heavy atom. The maximum Gasteiger partial charge on any atom is 0.409 e. The highest BCUT2D eigenvalue weighted by Gasteiger charge is 2.21. The predicted molar refractivity (Wildman–Crippen MR) is 67.5 cm³/mol. The Hall–Kier alpha value is -1.79. The molecule has 0 spiro atoms. The molecule has 1 aromatic carbocycles. The van der Waals surface area contributed by atoms with E-state index in [0.717, 1.165) is 12.5 Å². The van der Waals surface area contributed by atoms with Gasteiger partial charge >= 0.3 is 6.18 Å². The average molecular weight is 310 g/mol. The number of halogens is 5. The molecule has 0 fully saturated rings. The SMILES string of the molecule is CCCCOc1ccc(OC/C=C/C(F)(F)F)c(F)c1F. The summed E-state index contributed by atoms with van der Waals surface area (Å²) < 4.78 is 72.5. The van der Waals surface area contributed by atoms with Crippen molar-refractivity contribution in [1.82, 2.24) is 0 Å². The van der Waals surface area contributed by atoms with Gasteiger partial charge in [-0.2, -0.15) is 22.0 Å². The maximum absolute atomic E-state index is 13.6. The van der Waals surface area contributed by atoms with Crippen molar-refractivity contribution in [2.75, 3.05) is 13.2 Å². The molecule has 1 rings (SSSR count). The highest BCUT2D eigenvalue weighted by Crippen LogP contribution is 2.27. The van der Waals surface area contributed by atoms with Gasteiger partial charge in [-0.25, -0.2) is 0 Å². The van der Waals surface area contributed by atoms with E-state index in [1.807, 2.05) is 6.92 Å². The van der Waals surface area contributed by atoms with Crippen LogP contribution in [0.5, 0.6) is 11.5 Å². The van der Waals surface area contributed by atoms with Gasteiger partial charge in [-0.05, 0) is 24.6 Å². The highest BCUT2D eigenvalue weighted by molar-refractivity contribution is 5.35. The van der Waals surface area contributed by atoms with E-state index in [2.05, 4.69) is 0 Å². The maximum atomic E-state index is 13.6. The van der Waals surface area contributed by atoms with Crippen molar-refractivity contribution in [2.24, 2.45) is 0 Å². The third-order valence-corrected chi connectivity index (χ3v) is 2.41. The third kappa shape index (κ3) is 6.01. The topological polar surface area (TPSA) is 18.5 Å². The monoisotopic (exact) mass is 310 g/mol. The quantitative estimate of drug-likeness (QED) is 0.415. The first-order chi connectivity index (χ1) is 9.85. The lowest BCUT2D eigenvalue weighted by Gasteiger charge is -2.10. The van der Waals surface area contributed by atoms with Gasteiger partial charge in [0.2, 0.25) is 11.6 Å². The van der Waals surface area contributed by atoms with Gasteiger partial charge in [0.05, 0.1) is 6.61 Å². The number of unbranched alkanes of at least 4 members (excludes halogenated alkanes) is 1. The molecule has 0 saturated carbocycles. The Morgan fingerprint density at radius 1 is 1.05 bits per heavy atom. The van der Waals surface area contributed by atoms with E-state index in [9.17, 15) is 22.0 Å². The number of hydrogen-bond acceptors (Lipinski definition) is 2. The van der Waals surface area contributed by atoms with Gasteiger partial charge in [-0.15, -0.1) is 0 Å². The number of allylic oxidation sites excluding steroid dienone is 1. The fourth-order valence-corrected chi connectivity index (χ4v) is 1.38. The summed E-state index contributed by atoms with van der Waals surface area (Å²) in [7, 11) is 0. The fraction of sp³-hybridized carbons (Fsp3) is 0.429. The van der Waals surface area contributed by atoms with E-state index in [-0.39, 0.29) is 18.4 Å². The minimum atomic E-state index is -4.47. The molecule has 0 aliphatic carbocycles. The second-order valence-corrected chi connectivity index (χ2v) is 4.15. The molecule has 0 atom stereocenters. The van der Waals surface area contributed by atoms with Crippen LogP contribution in [-0.2, 0) is 0 Å². The Bertz CT molecular complexity index is 483. The lowest BCUT2D eigenvalue weighted by atomic mass is 10.3. The van der Waals surface area contributed by atoms with Crippen molar-refractivity contribution in [1.29, 1.82) is 0 Å². The van der Waals surface area contributed by atoms with Crippen molar-refractivity contribution in [3.63, 3.8) is 0 Å². The lowest BCUT2D eigenvalue weighted by Crippen LogP contribution is -2.05. The van der Waals surface area contributed by atoms with Crippen LogP contribution in [0.4, 0.5) is 22.0 Å². The molecular weight excluding hydrogens is 295 g/mol. The van der Waals surface area contributed by atoms with Crippen LogP contribution < -0.4 is 9.47 Å². The van der Waals surface area contributed by atoms with Crippen LogP contribution in [0, 0.1) is 11.6 Å². The molecule has 0 bridgehead atoms. The summed E-state index contributed by atoms with van der Waals surface area (Å²) in [6, 6.07) is 2.29. The van der Waals surface area contributed by atoms with E-state index in [1.54, 1.807) is 0 Å². The second-order valence-electron chi connectivity index (χ2n) is 4.15. The molecular formula is C14H15F5O2. The molecule has 0 saturated heterocycles. The molecule has 0 amide bonds. The van der Waals surface area contributed by atoms with Crippen LogP contribution in [0.25, 0.3) is 0 Å². The van der Waals surface area contributed by atoms with Crippen LogP contribution in [0.15, 0.2) is 24.3 Å². The third-order valence-electron chi connectivity index (χ3n) is 2.41. The van der Waals surface area contributed by atoms with Gasteiger partial charge in [-0.1, -0.05) is 13.3 Å². The summed E-state index contributed by atoms with van der Waals surface area (Å²) in [6.07, 6.45) is -2.30. The molecule has 0 aliphatic heterocycles. The first-order valence-corrected chi connectivity index (χ1v) is 6.33. The van der Waals surface area contributed by atoms with Crippen molar-refractivity contribution >= 4 is 0 Å². The molecule has 0 aromatic heterocycles. The molecule has 0 aliphatic rings. The second kappa shape index (κ2) is 7.85. The molecule has 1 aromatic rings. The van der Waals surface area contributed by atoms with Crippen molar-refractivity contribution in [2.45, 2.75) is 25.9 Å². The first-order valence-electron chi connectivity index (χ1n) is 6.33. The molecule has 21 heavy (non-hydrogen) atoms. The van der Waals surface area contributed by atoms with Gasteiger partial charge in [0.15, 0.2) is 11.5 Å². The van der Waals surface area contributed by atoms with E-state index in [0.29, 0.717) is 12.5 Å².